The van der Waals surface area contributed by atoms with E-state index in [1.165, 1.54) is 5.56 Å². The quantitative estimate of drug-likeness (QED) is 0.0533. The van der Waals surface area contributed by atoms with Crippen LogP contribution in [0.5, 0.6) is 5.75 Å². The molecule has 0 radical (unpaired) electrons. The number of rotatable bonds is 6. The van der Waals surface area contributed by atoms with Gasteiger partial charge in [0.1, 0.15) is 52.7 Å². The number of benzene rings is 6. The molecule has 0 unspecified atom stereocenters. The van der Waals surface area contributed by atoms with E-state index in [9.17, 15) is 52.7 Å². The zero-order valence-electron chi connectivity index (χ0n) is 31.3. The van der Waals surface area contributed by atoms with Gasteiger partial charge < -0.3 is 0 Å². The van der Waals surface area contributed by atoms with Gasteiger partial charge in [-0.3, -0.25) is 0 Å². The number of fused-ring (bicyclic) bond motifs is 1. The monoisotopic (exact) mass is 929 g/mol. The van der Waals surface area contributed by atoms with Gasteiger partial charge in [0.2, 0.25) is 11.9 Å². The standard InChI is InChI=1S/C24BF20.C17H16NO/c26-5-1(6(27)14(35)21(42)13(5)34)25(2-7(28)15(36)22(43)16(37)8(2)29,3-9(30)17(38)23(44)18(39)10(3)31)4-11(32)19(40)24(45)20(41)12(4)33;1-13-9-10-14(2)17(12-13)19-18-11-5-7-15-6-3-4-8-16(15)18/h;3-12H,1-2H3/q-1;+1. The third-order valence-corrected chi connectivity index (χ3v) is 9.92. The maximum absolute atomic E-state index is 15.4. The van der Waals surface area contributed by atoms with E-state index in [0.717, 1.165) is 22.2 Å². The predicted octanol–water partition coefficient (Wildman–Crippen LogP) is 9.43. The average Bonchev–Trinajstić information content (AvgIpc) is 3.27. The number of para-hydroxylation sites is 1. The molecule has 0 N–H and O–H groups in total. The highest BCUT2D eigenvalue weighted by molar-refractivity contribution is 7.20. The summed E-state index contributed by atoms with van der Waals surface area (Å²) in [6.07, 6.45) is -5.28. The highest BCUT2D eigenvalue weighted by Gasteiger charge is 2.52. The Labute approximate surface area is 344 Å². The summed E-state index contributed by atoms with van der Waals surface area (Å²) in [4.78, 5) is 6.02. The van der Waals surface area contributed by atoms with E-state index in [2.05, 4.69) is 50.2 Å². The van der Waals surface area contributed by atoms with Crippen molar-refractivity contribution in [1.82, 2.24) is 0 Å². The van der Waals surface area contributed by atoms with Crippen LogP contribution in [0, 0.1) is 130 Å². The number of hydrogen-bond donors (Lipinski definition) is 0. The lowest BCUT2D eigenvalue weighted by Gasteiger charge is -2.44. The Morgan fingerprint density at radius 2 is 0.656 bits per heavy atom. The summed E-state index contributed by atoms with van der Waals surface area (Å²) < 4.78 is 296. The van der Waals surface area contributed by atoms with E-state index < -0.39 is 144 Å². The largest absolute Gasteiger partial charge is 0.265 e. The van der Waals surface area contributed by atoms with Crippen molar-refractivity contribution in [2.45, 2.75) is 13.8 Å². The van der Waals surface area contributed by atoms with Crippen LogP contribution in [-0.4, -0.2) is 6.15 Å². The van der Waals surface area contributed by atoms with E-state index in [1.807, 2.05) is 29.1 Å². The van der Waals surface area contributed by atoms with E-state index in [-0.39, 0.29) is 0 Å². The molecule has 64 heavy (non-hydrogen) atoms. The molecule has 0 aliphatic carbocycles. The summed E-state index contributed by atoms with van der Waals surface area (Å²) in [5, 5.41) is 1.16. The average molecular weight is 929 g/mol. The van der Waals surface area contributed by atoms with E-state index in [0.29, 0.717) is 0 Å². The van der Waals surface area contributed by atoms with E-state index >= 15 is 35.1 Å². The Kier molecular flexibility index (Phi) is 12.4. The summed E-state index contributed by atoms with van der Waals surface area (Å²) >= 11 is 0. The normalized spacial score (nSPS) is 11.6. The van der Waals surface area contributed by atoms with E-state index in [4.69, 9.17) is 4.84 Å². The van der Waals surface area contributed by atoms with Gasteiger partial charge in [0, 0.05) is 16.9 Å². The Morgan fingerprint density at radius 1 is 0.359 bits per heavy atom. The molecular weight excluding hydrogens is 913 g/mol. The first-order valence-corrected chi connectivity index (χ1v) is 17.3. The van der Waals surface area contributed by atoms with Gasteiger partial charge in [-0.25, -0.2) is 92.6 Å². The third-order valence-electron chi connectivity index (χ3n) is 9.92. The van der Waals surface area contributed by atoms with Crippen molar-refractivity contribution in [3.05, 3.63) is 188 Å². The highest BCUT2D eigenvalue weighted by Crippen LogP contribution is 2.31. The van der Waals surface area contributed by atoms with Gasteiger partial charge >= 0.3 is 0 Å². The molecule has 334 valence electrons. The molecule has 1 aromatic heterocycles. The molecule has 7 rings (SSSR count). The van der Waals surface area contributed by atoms with Crippen LogP contribution in [0.2, 0.25) is 0 Å². The lowest BCUT2D eigenvalue weighted by molar-refractivity contribution is -0.854. The van der Waals surface area contributed by atoms with Crippen LogP contribution in [0.1, 0.15) is 11.1 Å². The number of hydrogen-bond acceptors (Lipinski definition) is 1. The van der Waals surface area contributed by atoms with Gasteiger partial charge in [0.05, 0.1) is 5.39 Å². The summed E-state index contributed by atoms with van der Waals surface area (Å²) in [5.74, 6) is -70.5. The molecule has 7 aromatic rings. The Bertz CT molecular complexity index is 2680. The molecule has 0 amide bonds. The molecule has 0 aliphatic heterocycles. The van der Waals surface area contributed by atoms with Gasteiger partial charge in [0.15, 0.2) is 69.8 Å². The minimum atomic E-state index is -7.22. The minimum absolute atomic E-state index is 0.890. The minimum Gasteiger partial charge on any atom is -0.231 e. The van der Waals surface area contributed by atoms with Crippen LogP contribution in [0.15, 0.2) is 60.8 Å². The fourth-order valence-corrected chi connectivity index (χ4v) is 7.00. The third kappa shape index (κ3) is 7.09. The van der Waals surface area contributed by atoms with Gasteiger partial charge in [0.25, 0.3) is 5.52 Å². The lowest BCUT2D eigenvalue weighted by Crippen LogP contribution is -2.81. The van der Waals surface area contributed by atoms with E-state index in [1.54, 1.807) is 0 Å². The highest BCUT2D eigenvalue weighted by atomic mass is 19.2. The molecule has 1 heterocycles. The fourth-order valence-electron chi connectivity index (χ4n) is 7.00. The number of nitrogens with zero attached hydrogens (tertiary/aromatic N) is 1. The first-order valence-electron chi connectivity index (χ1n) is 17.3. The molecule has 6 aromatic carbocycles. The van der Waals surface area contributed by atoms with Crippen LogP contribution in [0.4, 0.5) is 87.8 Å². The second kappa shape index (κ2) is 17.1. The molecule has 0 atom stereocenters. The Balaban J connectivity index is 0.000000295. The molecule has 0 aliphatic rings. The SMILES string of the molecule is Cc1ccc(C)c(O[n+]2cccc3ccccc32)c1.Fc1c(F)c(F)c([B-](c2c(F)c(F)c(F)c(F)c2F)(c2c(F)c(F)c(F)c(F)c2F)c2c(F)c(F)c(F)c(F)c2F)c(F)c1F. The van der Waals surface area contributed by atoms with Crippen LogP contribution in [0.3, 0.4) is 0 Å². The van der Waals surface area contributed by atoms with Gasteiger partial charge in [-0.1, -0.05) is 24.3 Å². The summed E-state index contributed by atoms with van der Waals surface area (Å²) in [6.45, 7) is 4.13. The molecule has 0 saturated heterocycles. The summed E-state index contributed by atoms with van der Waals surface area (Å²) in [7, 11) is 0. The van der Waals surface area contributed by atoms with Crippen LogP contribution < -0.4 is 31.4 Å². The molecule has 23 heteroatoms. The Hall–Kier alpha value is -6.81. The first kappa shape index (κ1) is 46.7. The maximum atomic E-state index is 15.4. The number of aromatic nitrogens is 1. The van der Waals surface area contributed by atoms with Crippen LogP contribution in [0.25, 0.3) is 10.9 Å². The van der Waals surface area contributed by atoms with Crippen molar-refractivity contribution in [3.63, 3.8) is 0 Å². The molecule has 0 fully saturated rings. The Morgan fingerprint density at radius 3 is 1.00 bits per heavy atom. The van der Waals surface area contributed by atoms with Crippen LogP contribution >= 0.6 is 0 Å². The van der Waals surface area contributed by atoms with Crippen LogP contribution in [-0.2, 0) is 0 Å². The molecule has 2 nitrogen and oxygen atoms in total. The zero-order chi connectivity index (χ0) is 47.6. The number of halogens is 20. The van der Waals surface area contributed by atoms with Crippen molar-refractivity contribution in [2.75, 3.05) is 0 Å². The van der Waals surface area contributed by atoms with Crippen molar-refractivity contribution in [3.8, 4) is 5.75 Å². The topological polar surface area (TPSA) is 13.1 Å². The maximum Gasteiger partial charge on any atom is 0.265 e. The smallest absolute Gasteiger partial charge is 0.231 e. The van der Waals surface area contributed by atoms with Crippen molar-refractivity contribution < 1.29 is 97.4 Å². The number of pyridine rings is 1. The molecule has 0 saturated carbocycles. The number of aryl methyl sites for hydroxylation is 2. The molecule has 0 bridgehead atoms. The predicted molar refractivity (Wildman–Crippen MR) is 185 cm³/mol. The summed E-state index contributed by atoms with van der Waals surface area (Å²) in [5.41, 5.74) is -10.9. The fraction of sp³-hybridized carbons (Fsp3) is 0.0488. The second-order valence-electron chi connectivity index (χ2n) is 13.6. The van der Waals surface area contributed by atoms with Crippen molar-refractivity contribution in [1.29, 1.82) is 0 Å². The lowest BCUT2D eigenvalue weighted by atomic mass is 9.12. The van der Waals surface area contributed by atoms with Gasteiger partial charge in [-0.15, -0.1) is 21.9 Å². The summed E-state index contributed by atoms with van der Waals surface area (Å²) in [6, 6.07) is 18.5. The van der Waals surface area contributed by atoms with Gasteiger partial charge in [-0.2, -0.15) is 0 Å². The van der Waals surface area contributed by atoms with Crippen molar-refractivity contribution >= 4 is 38.9 Å². The molecule has 0 spiro atoms. The van der Waals surface area contributed by atoms with Gasteiger partial charge in [-0.05, 0) is 43.2 Å². The van der Waals surface area contributed by atoms with Crippen molar-refractivity contribution in [2.24, 2.45) is 0 Å². The molecular formula is C41H16BF20NO. The first-order chi connectivity index (χ1) is 29.9. The second-order valence-corrected chi connectivity index (χ2v) is 13.6. The zero-order valence-corrected chi connectivity index (χ0v) is 31.3.